The lowest BCUT2D eigenvalue weighted by Crippen LogP contribution is -2.59. The van der Waals surface area contributed by atoms with E-state index in [4.69, 9.17) is 28.4 Å². The van der Waals surface area contributed by atoms with Crippen molar-refractivity contribution in [1.29, 1.82) is 0 Å². The minimum Gasteiger partial charge on any atom is -0.504 e. The zero-order valence-electron chi connectivity index (χ0n) is 21.4. The van der Waals surface area contributed by atoms with Crippen LogP contribution in [0.3, 0.4) is 0 Å². The molecule has 7 atom stereocenters. The largest absolute Gasteiger partial charge is 0.504 e. The van der Waals surface area contributed by atoms with Crippen molar-refractivity contribution < 1.29 is 54.0 Å². The molecule has 5 N–H and O–H groups in total. The standard InChI is InChI=1S/C27H34O11/c1-33-8-4-5-14-9-16-17(13-36-27-24(32)23(31)22(30)21(12-28)37-27)25(38-26(16)20(10-14)35-3)15-6-7-18(29)19(11-15)34-2/h4-7,9-11,17,21-25,27-32H,8,12-13H2,1-3H3/t17-,21+,22+,23+,24-,25+,27+/m0/s1. The van der Waals surface area contributed by atoms with E-state index in [9.17, 15) is 25.5 Å². The predicted octanol–water partition coefficient (Wildman–Crippen LogP) is 1.10. The molecule has 0 aromatic heterocycles. The van der Waals surface area contributed by atoms with Crippen molar-refractivity contribution in [3.8, 4) is 23.0 Å². The average Bonchev–Trinajstić information content (AvgIpc) is 3.29. The quantitative estimate of drug-likeness (QED) is 0.297. The number of aliphatic hydroxyl groups excluding tert-OH is 4. The second-order valence-electron chi connectivity index (χ2n) is 9.11. The van der Waals surface area contributed by atoms with Crippen LogP contribution in [-0.2, 0) is 14.2 Å². The average molecular weight is 535 g/mol. The number of hydrogen-bond donors (Lipinski definition) is 5. The Kier molecular flexibility index (Phi) is 9.11. The van der Waals surface area contributed by atoms with Gasteiger partial charge in [0.15, 0.2) is 29.3 Å². The van der Waals surface area contributed by atoms with Gasteiger partial charge in [-0.2, -0.15) is 0 Å². The molecule has 2 heterocycles. The number of phenols is 1. The Hall–Kier alpha value is -2.90. The summed E-state index contributed by atoms with van der Waals surface area (Å²) in [6, 6.07) is 8.65. The maximum Gasteiger partial charge on any atom is 0.186 e. The summed E-state index contributed by atoms with van der Waals surface area (Å²) in [5.74, 6) is 0.813. The molecule has 2 aliphatic heterocycles. The molecule has 0 amide bonds. The Bertz CT molecular complexity index is 1120. The third-order valence-electron chi connectivity index (χ3n) is 6.73. The van der Waals surface area contributed by atoms with Crippen LogP contribution in [0.15, 0.2) is 36.4 Å². The van der Waals surface area contributed by atoms with Crippen LogP contribution < -0.4 is 14.2 Å². The lowest BCUT2D eigenvalue weighted by molar-refractivity contribution is -0.302. The van der Waals surface area contributed by atoms with Crippen molar-refractivity contribution in [3.05, 3.63) is 53.1 Å². The van der Waals surface area contributed by atoms with Gasteiger partial charge in [-0.15, -0.1) is 0 Å². The van der Waals surface area contributed by atoms with Gasteiger partial charge in [0.1, 0.15) is 30.5 Å². The lowest BCUT2D eigenvalue weighted by Gasteiger charge is -2.40. The summed E-state index contributed by atoms with van der Waals surface area (Å²) in [5.41, 5.74) is 2.29. The van der Waals surface area contributed by atoms with Gasteiger partial charge in [0, 0.05) is 12.7 Å². The van der Waals surface area contributed by atoms with E-state index < -0.39 is 49.3 Å². The normalized spacial score (nSPS) is 28.8. The number of rotatable bonds is 10. The van der Waals surface area contributed by atoms with E-state index in [-0.39, 0.29) is 18.1 Å². The van der Waals surface area contributed by atoms with Crippen LogP contribution in [0.25, 0.3) is 6.08 Å². The Morgan fingerprint density at radius 2 is 1.71 bits per heavy atom. The molecule has 1 saturated heterocycles. The molecule has 1 fully saturated rings. The van der Waals surface area contributed by atoms with E-state index in [1.54, 1.807) is 19.2 Å². The van der Waals surface area contributed by atoms with Gasteiger partial charge in [0.25, 0.3) is 0 Å². The minimum atomic E-state index is -1.56. The SMILES string of the molecule is COCC=Cc1cc(OC)c2c(c1)[C@H](CO[C@@H]1O[C@H](CO)[C@@H](O)[C@@H](O)[C@@H]1O)[C@@H](c1ccc(O)c(OC)c1)O2. The first-order valence-electron chi connectivity index (χ1n) is 12.2. The highest BCUT2D eigenvalue weighted by Crippen LogP contribution is 2.52. The van der Waals surface area contributed by atoms with Crippen molar-refractivity contribution in [2.24, 2.45) is 0 Å². The predicted molar refractivity (Wildman–Crippen MR) is 134 cm³/mol. The summed E-state index contributed by atoms with van der Waals surface area (Å²) >= 11 is 0. The number of methoxy groups -OCH3 is 3. The summed E-state index contributed by atoms with van der Waals surface area (Å²) < 4.78 is 33.8. The number of phenolic OH excluding ortho intramolecular Hbond substituents is 1. The van der Waals surface area contributed by atoms with Gasteiger partial charge in [-0.1, -0.05) is 18.2 Å². The fourth-order valence-corrected chi connectivity index (χ4v) is 4.70. The monoisotopic (exact) mass is 534 g/mol. The smallest absolute Gasteiger partial charge is 0.186 e. The highest BCUT2D eigenvalue weighted by atomic mass is 16.7. The number of ether oxygens (including phenoxy) is 6. The van der Waals surface area contributed by atoms with E-state index in [1.807, 2.05) is 24.3 Å². The van der Waals surface area contributed by atoms with Crippen LogP contribution in [0, 0.1) is 0 Å². The Morgan fingerprint density at radius 1 is 0.947 bits per heavy atom. The summed E-state index contributed by atoms with van der Waals surface area (Å²) in [5, 5.41) is 50.3. The topological polar surface area (TPSA) is 157 Å². The minimum absolute atomic E-state index is 0.0240. The second-order valence-corrected chi connectivity index (χ2v) is 9.11. The molecular formula is C27H34O11. The van der Waals surface area contributed by atoms with Crippen molar-refractivity contribution in [3.63, 3.8) is 0 Å². The molecule has 0 unspecified atom stereocenters. The van der Waals surface area contributed by atoms with E-state index in [1.165, 1.54) is 20.3 Å². The van der Waals surface area contributed by atoms with Crippen molar-refractivity contribution >= 4 is 6.08 Å². The van der Waals surface area contributed by atoms with Gasteiger partial charge in [0.05, 0.1) is 40.0 Å². The Balaban J connectivity index is 1.69. The molecule has 208 valence electrons. The van der Waals surface area contributed by atoms with Gasteiger partial charge >= 0.3 is 0 Å². The van der Waals surface area contributed by atoms with Crippen LogP contribution in [0.1, 0.15) is 28.7 Å². The molecule has 38 heavy (non-hydrogen) atoms. The number of benzene rings is 2. The Morgan fingerprint density at radius 3 is 2.39 bits per heavy atom. The number of aromatic hydroxyl groups is 1. The molecule has 0 spiro atoms. The van der Waals surface area contributed by atoms with Gasteiger partial charge in [-0.25, -0.2) is 0 Å². The van der Waals surface area contributed by atoms with Crippen molar-refractivity contribution in [2.45, 2.75) is 42.7 Å². The van der Waals surface area contributed by atoms with E-state index in [2.05, 4.69) is 0 Å². The molecule has 11 heteroatoms. The molecule has 0 radical (unpaired) electrons. The molecule has 0 aliphatic carbocycles. The summed E-state index contributed by atoms with van der Waals surface area (Å²) in [4.78, 5) is 0. The van der Waals surface area contributed by atoms with Gasteiger partial charge in [-0.3, -0.25) is 0 Å². The number of aliphatic hydroxyl groups is 4. The summed E-state index contributed by atoms with van der Waals surface area (Å²) in [6.07, 6.45) is -3.86. The fraction of sp³-hybridized carbons (Fsp3) is 0.481. The summed E-state index contributed by atoms with van der Waals surface area (Å²) in [6.45, 7) is -0.169. The zero-order chi connectivity index (χ0) is 27.4. The molecule has 2 aliphatic rings. The third kappa shape index (κ3) is 5.59. The Labute approximate surface area is 220 Å². The first-order chi connectivity index (χ1) is 18.3. The molecule has 0 saturated carbocycles. The van der Waals surface area contributed by atoms with Crippen LogP contribution >= 0.6 is 0 Å². The van der Waals surface area contributed by atoms with Crippen LogP contribution in [0.4, 0.5) is 0 Å². The maximum absolute atomic E-state index is 10.5. The van der Waals surface area contributed by atoms with Gasteiger partial charge < -0.3 is 54.0 Å². The molecule has 4 rings (SSSR count). The fourth-order valence-electron chi connectivity index (χ4n) is 4.70. The third-order valence-corrected chi connectivity index (χ3v) is 6.73. The van der Waals surface area contributed by atoms with E-state index in [0.717, 1.165) is 11.1 Å². The summed E-state index contributed by atoms with van der Waals surface area (Å²) in [7, 11) is 4.59. The van der Waals surface area contributed by atoms with Crippen molar-refractivity contribution in [2.75, 3.05) is 41.2 Å². The maximum atomic E-state index is 10.5. The van der Waals surface area contributed by atoms with Crippen LogP contribution in [0.2, 0.25) is 0 Å². The highest BCUT2D eigenvalue weighted by Gasteiger charge is 2.45. The van der Waals surface area contributed by atoms with Crippen LogP contribution in [-0.4, -0.2) is 97.4 Å². The van der Waals surface area contributed by atoms with E-state index in [0.29, 0.717) is 23.7 Å². The number of fused-ring (bicyclic) bond motifs is 1. The molecule has 0 bridgehead atoms. The number of hydrogen-bond acceptors (Lipinski definition) is 11. The molecule has 11 nitrogen and oxygen atoms in total. The van der Waals surface area contributed by atoms with Gasteiger partial charge in [-0.05, 0) is 35.4 Å². The first-order valence-corrected chi connectivity index (χ1v) is 12.2. The van der Waals surface area contributed by atoms with Crippen molar-refractivity contribution in [1.82, 2.24) is 0 Å². The second kappa shape index (κ2) is 12.3. The first kappa shape index (κ1) is 28.1. The molecular weight excluding hydrogens is 500 g/mol. The zero-order valence-corrected chi connectivity index (χ0v) is 21.4. The van der Waals surface area contributed by atoms with E-state index >= 15 is 0 Å². The van der Waals surface area contributed by atoms with Crippen LogP contribution in [0.5, 0.6) is 23.0 Å². The molecule has 2 aromatic rings. The highest BCUT2D eigenvalue weighted by molar-refractivity contribution is 5.62. The van der Waals surface area contributed by atoms with Gasteiger partial charge in [0.2, 0.25) is 0 Å². The lowest BCUT2D eigenvalue weighted by atomic mass is 9.90. The molecule has 2 aromatic carbocycles.